The molecular weight excluding hydrogens is 264 g/mol. The predicted molar refractivity (Wildman–Crippen MR) is 61.2 cm³/mol. The second kappa shape index (κ2) is 6.54. The number of carbonyl (C=O) groups is 1. The highest BCUT2D eigenvalue weighted by Gasteiger charge is 2.32. The van der Waals surface area contributed by atoms with E-state index in [9.17, 15) is 22.4 Å². The molecule has 0 aromatic heterocycles. The summed E-state index contributed by atoms with van der Waals surface area (Å²) in [6, 6.07) is 1.66. The van der Waals surface area contributed by atoms with Crippen LogP contribution in [0.1, 0.15) is 42.1 Å². The van der Waals surface area contributed by atoms with Gasteiger partial charge in [-0.3, -0.25) is 0 Å². The lowest BCUT2D eigenvalue weighted by molar-refractivity contribution is -0.137. The van der Waals surface area contributed by atoms with Gasteiger partial charge in [-0.1, -0.05) is 19.8 Å². The molecule has 0 aliphatic carbocycles. The van der Waals surface area contributed by atoms with Crippen LogP contribution in [-0.2, 0) is 10.9 Å². The quantitative estimate of drug-likeness (QED) is 0.458. The van der Waals surface area contributed by atoms with Gasteiger partial charge < -0.3 is 4.74 Å². The van der Waals surface area contributed by atoms with Gasteiger partial charge >= 0.3 is 12.1 Å². The summed E-state index contributed by atoms with van der Waals surface area (Å²) < 4.78 is 55.2. The lowest BCUT2D eigenvalue weighted by Gasteiger charge is -2.09. The monoisotopic (exact) mass is 278 g/mol. The van der Waals surface area contributed by atoms with Gasteiger partial charge in [-0.2, -0.15) is 13.2 Å². The van der Waals surface area contributed by atoms with Crippen molar-refractivity contribution < 1.29 is 27.1 Å². The molecule has 6 heteroatoms. The van der Waals surface area contributed by atoms with E-state index in [1.807, 2.05) is 6.92 Å². The van der Waals surface area contributed by atoms with E-state index >= 15 is 0 Å². The van der Waals surface area contributed by atoms with Gasteiger partial charge in [0.2, 0.25) is 0 Å². The maximum Gasteiger partial charge on any atom is 0.416 e. The lowest BCUT2D eigenvalue weighted by Crippen LogP contribution is -2.11. The number of hydrogen-bond acceptors (Lipinski definition) is 2. The standard InChI is InChI=1S/C13H14F4O2/c1-2-3-4-5-19-12(18)9-6-10(13(15,16)17)8-11(14)7-9/h6-8H,2-5H2,1H3. The number of ether oxygens (including phenoxy) is 1. The van der Waals surface area contributed by atoms with Crippen LogP contribution in [0.25, 0.3) is 0 Å². The highest BCUT2D eigenvalue weighted by atomic mass is 19.4. The topological polar surface area (TPSA) is 26.3 Å². The van der Waals surface area contributed by atoms with E-state index in [4.69, 9.17) is 4.74 Å². The van der Waals surface area contributed by atoms with Gasteiger partial charge in [0.25, 0.3) is 0 Å². The molecule has 0 fully saturated rings. The molecule has 0 aliphatic heterocycles. The van der Waals surface area contributed by atoms with Crippen molar-refractivity contribution in [1.29, 1.82) is 0 Å². The summed E-state index contributed by atoms with van der Waals surface area (Å²) in [7, 11) is 0. The molecule has 0 aliphatic rings. The van der Waals surface area contributed by atoms with Crippen molar-refractivity contribution in [3.63, 3.8) is 0 Å². The van der Waals surface area contributed by atoms with Gasteiger partial charge in [-0.25, -0.2) is 9.18 Å². The second-order valence-electron chi connectivity index (χ2n) is 4.07. The molecule has 1 aromatic carbocycles. The van der Waals surface area contributed by atoms with Crippen molar-refractivity contribution in [2.75, 3.05) is 6.61 Å². The Kier molecular flexibility index (Phi) is 5.32. The summed E-state index contributed by atoms with van der Waals surface area (Å²) in [5, 5.41) is 0. The van der Waals surface area contributed by atoms with E-state index in [-0.39, 0.29) is 6.61 Å². The molecule has 0 bridgehead atoms. The van der Waals surface area contributed by atoms with Crippen LogP contribution >= 0.6 is 0 Å². The minimum Gasteiger partial charge on any atom is -0.462 e. The molecule has 1 aromatic rings. The average molecular weight is 278 g/mol. The zero-order valence-electron chi connectivity index (χ0n) is 10.4. The first-order chi connectivity index (χ1) is 8.84. The van der Waals surface area contributed by atoms with Gasteiger partial charge in [-0.05, 0) is 24.6 Å². The smallest absolute Gasteiger partial charge is 0.416 e. The maximum absolute atomic E-state index is 13.1. The van der Waals surface area contributed by atoms with Crippen LogP contribution in [0.2, 0.25) is 0 Å². The molecule has 0 radical (unpaired) electrons. The summed E-state index contributed by atoms with van der Waals surface area (Å²) in [5.41, 5.74) is -1.63. The van der Waals surface area contributed by atoms with E-state index in [0.29, 0.717) is 18.6 Å². The summed E-state index contributed by atoms with van der Waals surface area (Å²) >= 11 is 0. The Labute approximate surface area is 108 Å². The van der Waals surface area contributed by atoms with Crippen LogP contribution < -0.4 is 0 Å². The minimum absolute atomic E-state index is 0.116. The van der Waals surface area contributed by atoms with E-state index < -0.39 is 29.1 Å². The van der Waals surface area contributed by atoms with Crippen LogP contribution in [0, 0.1) is 5.82 Å². The van der Waals surface area contributed by atoms with E-state index in [0.717, 1.165) is 18.9 Å². The zero-order chi connectivity index (χ0) is 14.5. The summed E-state index contributed by atoms with van der Waals surface area (Å²) in [4.78, 5) is 11.5. The SMILES string of the molecule is CCCCCOC(=O)c1cc(F)cc(C(F)(F)F)c1. The van der Waals surface area contributed by atoms with E-state index in [1.54, 1.807) is 0 Å². The van der Waals surface area contributed by atoms with Crippen LogP contribution in [0.15, 0.2) is 18.2 Å². The van der Waals surface area contributed by atoms with Gasteiger partial charge in [0.05, 0.1) is 17.7 Å². The molecular formula is C13H14F4O2. The molecule has 0 atom stereocenters. The zero-order valence-corrected chi connectivity index (χ0v) is 10.4. The third-order valence-electron chi connectivity index (χ3n) is 2.44. The van der Waals surface area contributed by atoms with Crippen LogP contribution in [-0.4, -0.2) is 12.6 Å². The third-order valence-corrected chi connectivity index (χ3v) is 2.44. The van der Waals surface area contributed by atoms with Crippen molar-refractivity contribution in [2.24, 2.45) is 0 Å². The van der Waals surface area contributed by atoms with Crippen molar-refractivity contribution in [3.8, 4) is 0 Å². The molecule has 0 amide bonds. The van der Waals surface area contributed by atoms with Gasteiger partial charge in [0.1, 0.15) is 5.82 Å². The molecule has 0 saturated heterocycles. The van der Waals surface area contributed by atoms with Crippen molar-refractivity contribution in [3.05, 3.63) is 35.1 Å². The Morgan fingerprint density at radius 2 is 1.89 bits per heavy atom. The largest absolute Gasteiger partial charge is 0.462 e. The van der Waals surface area contributed by atoms with E-state index in [1.165, 1.54) is 0 Å². The lowest BCUT2D eigenvalue weighted by atomic mass is 10.1. The van der Waals surface area contributed by atoms with Crippen LogP contribution in [0.3, 0.4) is 0 Å². The average Bonchev–Trinajstić information content (AvgIpc) is 2.32. The number of halogens is 4. The number of rotatable bonds is 5. The molecule has 2 nitrogen and oxygen atoms in total. The fourth-order valence-corrected chi connectivity index (χ4v) is 1.47. The second-order valence-corrected chi connectivity index (χ2v) is 4.07. The fraction of sp³-hybridized carbons (Fsp3) is 0.462. The first-order valence-corrected chi connectivity index (χ1v) is 5.89. The summed E-state index contributed by atoms with van der Waals surface area (Å²) in [6.45, 7) is 2.08. The Morgan fingerprint density at radius 1 is 1.21 bits per heavy atom. The molecule has 0 heterocycles. The highest BCUT2D eigenvalue weighted by Crippen LogP contribution is 2.30. The molecule has 1 rings (SSSR count). The molecule has 19 heavy (non-hydrogen) atoms. The van der Waals surface area contributed by atoms with E-state index in [2.05, 4.69) is 0 Å². The first kappa shape index (κ1) is 15.5. The molecule has 106 valence electrons. The summed E-state index contributed by atoms with van der Waals surface area (Å²) in [6.07, 6.45) is -2.29. The Bertz CT molecular complexity index is 441. The number of unbranched alkanes of at least 4 members (excludes halogenated alkanes) is 2. The normalized spacial score (nSPS) is 11.4. The molecule has 0 N–H and O–H groups in total. The van der Waals surface area contributed by atoms with Gasteiger partial charge in [0.15, 0.2) is 0 Å². The highest BCUT2D eigenvalue weighted by molar-refractivity contribution is 5.89. The minimum atomic E-state index is -4.70. The van der Waals surface area contributed by atoms with Gasteiger partial charge in [0, 0.05) is 0 Å². The predicted octanol–water partition coefficient (Wildman–Crippen LogP) is 4.19. The van der Waals surface area contributed by atoms with Crippen molar-refractivity contribution >= 4 is 5.97 Å². The van der Waals surface area contributed by atoms with Gasteiger partial charge in [-0.15, -0.1) is 0 Å². The Balaban J connectivity index is 2.77. The van der Waals surface area contributed by atoms with Crippen LogP contribution in [0.4, 0.5) is 17.6 Å². The number of carbonyl (C=O) groups excluding carboxylic acids is 1. The number of benzene rings is 1. The summed E-state index contributed by atoms with van der Waals surface area (Å²) in [5.74, 6) is -2.06. The van der Waals surface area contributed by atoms with Crippen molar-refractivity contribution in [2.45, 2.75) is 32.4 Å². The Hall–Kier alpha value is -1.59. The number of alkyl halides is 3. The van der Waals surface area contributed by atoms with Crippen molar-refractivity contribution in [1.82, 2.24) is 0 Å². The third kappa shape index (κ3) is 4.89. The maximum atomic E-state index is 13.1. The molecule has 0 spiro atoms. The number of hydrogen-bond donors (Lipinski definition) is 0. The fourth-order valence-electron chi connectivity index (χ4n) is 1.47. The number of esters is 1. The molecule has 0 unspecified atom stereocenters. The molecule has 0 saturated carbocycles. The first-order valence-electron chi connectivity index (χ1n) is 5.89. The van der Waals surface area contributed by atoms with Crippen LogP contribution in [0.5, 0.6) is 0 Å². The Morgan fingerprint density at radius 3 is 2.47 bits per heavy atom.